The van der Waals surface area contributed by atoms with E-state index >= 15 is 0 Å². The molecule has 8 heteroatoms. The second-order valence-corrected chi connectivity index (χ2v) is 6.63. The number of rotatable bonds is 5. The third kappa shape index (κ3) is 3.16. The second kappa shape index (κ2) is 7.72. The van der Waals surface area contributed by atoms with Gasteiger partial charge < -0.3 is 25.1 Å². The van der Waals surface area contributed by atoms with Crippen molar-refractivity contribution in [3.63, 3.8) is 0 Å². The maximum atomic E-state index is 10.3. The number of H-pyrrole nitrogens is 1. The fourth-order valence-corrected chi connectivity index (χ4v) is 3.57. The van der Waals surface area contributed by atoms with Crippen LogP contribution >= 0.6 is 0 Å². The first-order chi connectivity index (χ1) is 14.6. The Morgan fingerprint density at radius 2 is 2.03 bits per heavy atom. The van der Waals surface area contributed by atoms with Crippen molar-refractivity contribution in [3.8, 4) is 40.5 Å². The van der Waals surface area contributed by atoms with E-state index < -0.39 is 5.92 Å². The van der Waals surface area contributed by atoms with Crippen molar-refractivity contribution in [1.82, 2.24) is 10.2 Å². The number of phenols is 1. The van der Waals surface area contributed by atoms with Crippen molar-refractivity contribution < 1.29 is 19.3 Å². The summed E-state index contributed by atoms with van der Waals surface area (Å²) in [6, 6.07) is 14.6. The van der Waals surface area contributed by atoms with E-state index in [1.54, 1.807) is 18.2 Å². The quantitative estimate of drug-likeness (QED) is 0.595. The standard InChI is InChI=1S/C22H20N4O4/c1-3-29-14-7-4-12(5-8-14)20-19-18(13-6-9-17(28-2)16(27)10-13)15(11-23)21(24)30-22(19)26-25-20/h4-10,18,27H,3,24H2,1-2H3,(H,25,26). The minimum atomic E-state index is -0.573. The van der Waals surface area contributed by atoms with Crippen molar-refractivity contribution in [2.45, 2.75) is 12.8 Å². The first kappa shape index (κ1) is 19.2. The number of benzene rings is 2. The largest absolute Gasteiger partial charge is 0.504 e. The van der Waals surface area contributed by atoms with E-state index in [2.05, 4.69) is 16.3 Å². The highest BCUT2D eigenvalue weighted by Crippen LogP contribution is 2.46. The van der Waals surface area contributed by atoms with E-state index in [1.165, 1.54) is 7.11 Å². The third-order valence-corrected chi connectivity index (χ3v) is 4.93. The maximum Gasteiger partial charge on any atom is 0.244 e. The fraction of sp³-hybridized carbons (Fsp3) is 0.182. The molecule has 0 aliphatic carbocycles. The molecular weight excluding hydrogens is 384 g/mol. The van der Waals surface area contributed by atoms with Crippen molar-refractivity contribution in [3.05, 3.63) is 65.0 Å². The van der Waals surface area contributed by atoms with Crippen LogP contribution in [0.3, 0.4) is 0 Å². The first-order valence-electron chi connectivity index (χ1n) is 9.33. The zero-order valence-corrected chi connectivity index (χ0v) is 16.5. The Labute approximate surface area is 173 Å². The number of methoxy groups -OCH3 is 1. The third-order valence-electron chi connectivity index (χ3n) is 4.93. The number of nitrogens with two attached hydrogens (primary N) is 1. The van der Waals surface area contributed by atoms with Gasteiger partial charge in [0, 0.05) is 5.56 Å². The summed E-state index contributed by atoms with van der Waals surface area (Å²) in [7, 11) is 1.47. The molecule has 4 N–H and O–H groups in total. The topological polar surface area (TPSA) is 126 Å². The fourth-order valence-electron chi connectivity index (χ4n) is 3.57. The summed E-state index contributed by atoms with van der Waals surface area (Å²) in [5.74, 6) is 0.747. The summed E-state index contributed by atoms with van der Waals surface area (Å²) < 4.78 is 16.2. The molecule has 0 spiro atoms. The van der Waals surface area contributed by atoms with Crippen molar-refractivity contribution in [2.24, 2.45) is 5.73 Å². The number of fused-ring (bicyclic) bond motifs is 1. The highest BCUT2D eigenvalue weighted by molar-refractivity contribution is 5.71. The summed E-state index contributed by atoms with van der Waals surface area (Å²) in [5, 5.41) is 27.3. The van der Waals surface area contributed by atoms with Gasteiger partial charge in [0.25, 0.3) is 0 Å². The molecule has 30 heavy (non-hydrogen) atoms. The van der Waals surface area contributed by atoms with Gasteiger partial charge in [0.05, 0.1) is 30.9 Å². The van der Waals surface area contributed by atoms with Crippen LogP contribution in [0.5, 0.6) is 23.1 Å². The molecule has 1 aromatic heterocycles. The predicted octanol–water partition coefficient (Wildman–Crippen LogP) is 3.41. The molecule has 1 unspecified atom stereocenters. The molecule has 0 amide bonds. The number of hydrogen-bond acceptors (Lipinski definition) is 7. The summed E-state index contributed by atoms with van der Waals surface area (Å²) in [5.41, 5.74) is 9.09. The van der Waals surface area contributed by atoms with Gasteiger partial charge in [-0.3, -0.25) is 5.10 Å². The molecule has 1 atom stereocenters. The lowest BCUT2D eigenvalue weighted by molar-refractivity contribution is 0.340. The Hall–Kier alpha value is -4.12. The van der Waals surface area contributed by atoms with E-state index in [4.69, 9.17) is 19.9 Å². The molecule has 3 aromatic rings. The van der Waals surface area contributed by atoms with E-state index in [0.29, 0.717) is 29.2 Å². The molecule has 0 bridgehead atoms. The zero-order valence-electron chi connectivity index (χ0n) is 16.5. The minimum absolute atomic E-state index is 0.0185. The number of phenolic OH excluding ortho intramolecular Hbond substituents is 1. The van der Waals surface area contributed by atoms with Gasteiger partial charge in [-0.25, -0.2) is 0 Å². The molecule has 2 heterocycles. The summed E-state index contributed by atoms with van der Waals surface area (Å²) >= 11 is 0. The second-order valence-electron chi connectivity index (χ2n) is 6.63. The maximum absolute atomic E-state index is 10.3. The number of aromatic amines is 1. The van der Waals surface area contributed by atoms with Gasteiger partial charge in [-0.05, 0) is 48.9 Å². The SMILES string of the molecule is CCOc1ccc(-c2[nH]nc3c2C(c2ccc(OC)c(O)c2)C(C#N)=C(N)O3)cc1. The number of allylic oxidation sites excluding steroid dienone is 1. The molecule has 0 radical (unpaired) electrons. The van der Waals surface area contributed by atoms with E-state index in [1.807, 2.05) is 31.2 Å². The van der Waals surface area contributed by atoms with Crippen LogP contribution in [0.15, 0.2) is 53.9 Å². The van der Waals surface area contributed by atoms with Crippen molar-refractivity contribution >= 4 is 0 Å². The molecule has 2 aromatic carbocycles. The Kier molecular flexibility index (Phi) is 4.94. The molecule has 1 aliphatic rings. The molecule has 4 rings (SSSR count). The molecule has 0 saturated heterocycles. The Morgan fingerprint density at radius 3 is 2.67 bits per heavy atom. The van der Waals surface area contributed by atoms with Crippen LogP contribution in [0.2, 0.25) is 0 Å². The van der Waals surface area contributed by atoms with Gasteiger partial charge in [0.2, 0.25) is 11.8 Å². The minimum Gasteiger partial charge on any atom is -0.504 e. The average molecular weight is 404 g/mol. The lowest BCUT2D eigenvalue weighted by Gasteiger charge is -2.24. The van der Waals surface area contributed by atoms with Gasteiger partial charge in [0.1, 0.15) is 17.4 Å². The Bertz CT molecular complexity index is 1160. The summed E-state index contributed by atoms with van der Waals surface area (Å²) in [6.07, 6.45) is 0. The van der Waals surface area contributed by atoms with E-state index in [-0.39, 0.29) is 23.1 Å². The van der Waals surface area contributed by atoms with Crippen molar-refractivity contribution in [2.75, 3.05) is 13.7 Å². The van der Waals surface area contributed by atoms with Gasteiger partial charge in [-0.1, -0.05) is 6.07 Å². The molecule has 152 valence electrons. The first-order valence-corrected chi connectivity index (χ1v) is 9.33. The number of aromatic hydroxyl groups is 1. The number of ether oxygens (including phenoxy) is 3. The van der Waals surface area contributed by atoms with Gasteiger partial charge in [-0.2, -0.15) is 5.26 Å². The Morgan fingerprint density at radius 1 is 1.27 bits per heavy atom. The average Bonchev–Trinajstić information content (AvgIpc) is 3.16. The normalized spacial score (nSPS) is 15.2. The van der Waals surface area contributed by atoms with Crippen LogP contribution in [0.25, 0.3) is 11.3 Å². The van der Waals surface area contributed by atoms with Crippen LogP contribution in [0.4, 0.5) is 0 Å². The predicted molar refractivity (Wildman–Crippen MR) is 109 cm³/mol. The number of nitriles is 1. The zero-order chi connectivity index (χ0) is 21.3. The molecular formula is C22H20N4O4. The number of aromatic nitrogens is 2. The lowest BCUT2D eigenvalue weighted by atomic mass is 9.83. The van der Waals surface area contributed by atoms with Crippen LogP contribution < -0.4 is 19.9 Å². The monoisotopic (exact) mass is 404 g/mol. The summed E-state index contributed by atoms with van der Waals surface area (Å²) in [4.78, 5) is 0. The van der Waals surface area contributed by atoms with Crippen molar-refractivity contribution in [1.29, 1.82) is 5.26 Å². The molecule has 8 nitrogen and oxygen atoms in total. The van der Waals surface area contributed by atoms with Gasteiger partial charge in [-0.15, -0.1) is 5.10 Å². The lowest BCUT2D eigenvalue weighted by Crippen LogP contribution is -2.21. The highest BCUT2D eigenvalue weighted by atomic mass is 16.5. The van der Waals surface area contributed by atoms with Gasteiger partial charge in [0.15, 0.2) is 11.5 Å². The molecule has 1 aliphatic heterocycles. The highest BCUT2D eigenvalue weighted by Gasteiger charge is 2.36. The summed E-state index contributed by atoms with van der Waals surface area (Å²) in [6.45, 7) is 2.50. The van der Waals surface area contributed by atoms with Crippen LogP contribution in [-0.2, 0) is 0 Å². The Balaban J connectivity index is 1.86. The number of nitrogens with one attached hydrogen (secondary N) is 1. The van der Waals surface area contributed by atoms with Crippen LogP contribution in [-0.4, -0.2) is 29.0 Å². The number of nitrogens with zero attached hydrogens (tertiary/aromatic N) is 2. The number of hydrogen-bond donors (Lipinski definition) is 3. The van der Waals surface area contributed by atoms with Gasteiger partial charge >= 0.3 is 0 Å². The van der Waals surface area contributed by atoms with Crippen LogP contribution in [0, 0.1) is 11.3 Å². The van der Waals surface area contributed by atoms with E-state index in [0.717, 1.165) is 11.3 Å². The van der Waals surface area contributed by atoms with E-state index in [9.17, 15) is 10.4 Å². The van der Waals surface area contributed by atoms with Crippen LogP contribution in [0.1, 0.15) is 24.0 Å². The molecule has 0 saturated carbocycles. The smallest absolute Gasteiger partial charge is 0.244 e. The molecule has 0 fully saturated rings.